The van der Waals surface area contributed by atoms with E-state index >= 15 is 0 Å². The van der Waals surface area contributed by atoms with E-state index in [1.54, 1.807) is 61.7 Å². The summed E-state index contributed by atoms with van der Waals surface area (Å²) in [6, 6.07) is 17.6. The molecule has 1 saturated carbocycles. The summed E-state index contributed by atoms with van der Waals surface area (Å²) < 4.78 is 16.1. The number of methoxy groups -OCH3 is 1. The third-order valence-electron chi connectivity index (χ3n) is 7.04. The second-order valence-electron chi connectivity index (χ2n) is 9.56. The molecule has 38 heavy (non-hydrogen) atoms. The van der Waals surface area contributed by atoms with Gasteiger partial charge in [-0.2, -0.15) is 0 Å². The van der Waals surface area contributed by atoms with Crippen molar-refractivity contribution in [3.8, 4) is 17.2 Å². The van der Waals surface area contributed by atoms with Gasteiger partial charge in [0.25, 0.3) is 11.8 Å². The first-order chi connectivity index (χ1) is 18.4. The summed E-state index contributed by atoms with van der Waals surface area (Å²) in [6.07, 6.45) is 3.31. The molecule has 0 atom stereocenters. The van der Waals surface area contributed by atoms with Crippen molar-refractivity contribution >= 4 is 29.1 Å². The van der Waals surface area contributed by atoms with Gasteiger partial charge in [0.2, 0.25) is 6.79 Å². The van der Waals surface area contributed by atoms with E-state index in [1.807, 2.05) is 11.0 Å². The van der Waals surface area contributed by atoms with Crippen molar-refractivity contribution in [2.45, 2.75) is 44.3 Å². The molecule has 3 N–H and O–H groups in total. The van der Waals surface area contributed by atoms with Crippen LogP contribution in [0.5, 0.6) is 17.2 Å². The van der Waals surface area contributed by atoms with E-state index in [9.17, 15) is 9.59 Å². The van der Waals surface area contributed by atoms with E-state index in [4.69, 9.17) is 31.5 Å². The highest BCUT2D eigenvalue weighted by atomic mass is 35.5. The number of halogens is 1. The van der Waals surface area contributed by atoms with Gasteiger partial charge in [0.15, 0.2) is 11.5 Å². The Bertz CT molecular complexity index is 1340. The molecule has 3 aromatic carbocycles. The number of rotatable bonds is 7. The van der Waals surface area contributed by atoms with Crippen LogP contribution < -0.4 is 25.3 Å². The molecule has 1 heterocycles. The highest BCUT2D eigenvalue weighted by Gasteiger charge is 2.30. The smallest absolute Gasteiger partial charge is 0.255 e. The van der Waals surface area contributed by atoms with Gasteiger partial charge in [-0.1, -0.05) is 17.7 Å². The van der Waals surface area contributed by atoms with Gasteiger partial charge >= 0.3 is 0 Å². The number of anilines is 1. The number of benzene rings is 3. The van der Waals surface area contributed by atoms with Gasteiger partial charge in [-0.05, 0) is 85.8 Å². The average molecular weight is 536 g/mol. The molecule has 1 fully saturated rings. The summed E-state index contributed by atoms with van der Waals surface area (Å²) >= 11 is 6.60. The highest BCUT2D eigenvalue weighted by Crippen LogP contribution is 2.34. The molecule has 0 radical (unpaired) electrons. The second kappa shape index (κ2) is 11.3. The Labute approximate surface area is 226 Å². The van der Waals surface area contributed by atoms with Crippen LogP contribution in [0.3, 0.4) is 0 Å². The number of nitrogens with two attached hydrogens (primary N) is 1. The monoisotopic (exact) mass is 535 g/mol. The number of hydrogen-bond acceptors (Lipinski definition) is 6. The van der Waals surface area contributed by atoms with E-state index in [1.165, 1.54) is 0 Å². The Morgan fingerprint density at radius 2 is 1.79 bits per heavy atom. The van der Waals surface area contributed by atoms with Crippen molar-refractivity contribution < 1.29 is 23.8 Å². The summed E-state index contributed by atoms with van der Waals surface area (Å²) in [5.74, 6) is 1.39. The fourth-order valence-corrected chi connectivity index (χ4v) is 5.08. The summed E-state index contributed by atoms with van der Waals surface area (Å²) in [7, 11) is 1.55. The van der Waals surface area contributed by atoms with Crippen molar-refractivity contribution in [1.82, 2.24) is 4.90 Å². The Morgan fingerprint density at radius 1 is 1.00 bits per heavy atom. The van der Waals surface area contributed by atoms with Crippen LogP contribution in [-0.2, 0) is 6.54 Å². The molecule has 0 spiro atoms. The van der Waals surface area contributed by atoms with Crippen LogP contribution in [0.4, 0.5) is 5.69 Å². The van der Waals surface area contributed by atoms with E-state index in [2.05, 4.69) is 5.32 Å². The minimum Gasteiger partial charge on any atom is -0.497 e. The van der Waals surface area contributed by atoms with Crippen LogP contribution in [-0.4, -0.2) is 42.7 Å². The molecule has 1 aliphatic heterocycles. The van der Waals surface area contributed by atoms with Crippen molar-refractivity contribution in [2.75, 3.05) is 19.2 Å². The first-order valence-corrected chi connectivity index (χ1v) is 13.0. The summed E-state index contributed by atoms with van der Waals surface area (Å²) in [5, 5.41) is 3.44. The Balaban J connectivity index is 1.39. The van der Waals surface area contributed by atoms with Gasteiger partial charge in [-0.15, -0.1) is 0 Å². The van der Waals surface area contributed by atoms with Gasteiger partial charge in [0, 0.05) is 40.5 Å². The zero-order valence-corrected chi connectivity index (χ0v) is 21.9. The Hall–Kier alpha value is -3.75. The lowest BCUT2D eigenvalue weighted by molar-refractivity contribution is 0.0606. The van der Waals surface area contributed by atoms with E-state index < -0.39 is 0 Å². The lowest BCUT2D eigenvalue weighted by Gasteiger charge is -2.36. The van der Waals surface area contributed by atoms with Crippen LogP contribution in [0.1, 0.15) is 52.0 Å². The molecule has 0 aromatic heterocycles. The maximum absolute atomic E-state index is 13.8. The minimum absolute atomic E-state index is 0.0128. The third kappa shape index (κ3) is 5.71. The number of ether oxygens (including phenoxy) is 3. The predicted octanol–water partition coefficient (Wildman–Crippen LogP) is 5.24. The van der Waals surface area contributed by atoms with E-state index in [-0.39, 0.29) is 37.2 Å². The maximum atomic E-state index is 13.8. The molecule has 2 amide bonds. The van der Waals surface area contributed by atoms with Gasteiger partial charge < -0.3 is 30.2 Å². The number of carbonyl (C=O) groups excluding carboxylic acids is 2. The van der Waals surface area contributed by atoms with Crippen molar-refractivity contribution in [3.05, 3.63) is 82.4 Å². The second-order valence-corrected chi connectivity index (χ2v) is 9.97. The number of nitrogens with zero attached hydrogens (tertiary/aromatic N) is 1. The molecule has 198 valence electrons. The van der Waals surface area contributed by atoms with Crippen molar-refractivity contribution in [3.63, 3.8) is 0 Å². The van der Waals surface area contributed by atoms with Crippen LogP contribution >= 0.6 is 11.6 Å². The van der Waals surface area contributed by atoms with Crippen molar-refractivity contribution in [1.29, 1.82) is 0 Å². The topological polar surface area (TPSA) is 103 Å². The molecule has 2 aliphatic rings. The van der Waals surface area contributed by atoms with Crippen LogP contribution in [0.2, 0.25) is 5.02 Å². The Morgan fingerprint density at radius 3 is 2.58 bits per heavy atom. The predicted molar refractivity (Wildman–Crippen MR) is 145 cm³/mol. The summed E-state index contributed by atoms with van der Waals surface area (Å²) in [5.41, 5.74) is 8.46. The normalized spacial score (nSPS) is 18.1. The molecule has 1 aliphatic carbocycles. The standard InChI is InChI=1S/C29H30ClN3O5/c1-36-24-4-2-3-18(14-24)28(34)32-22-8-11-25(30)20(13-22)16-33(23-9-6-21(31)7-10-23)29(35)19-5-12-26-27(15-19)38-17-37-26/h2-5,8,11-15,21,23H,6-7,9-10,16-17,31H2,1H3,(H,32,34). The Kier molecular flexibility index (Phi) is 7.72. The average Bonchev–Trinajstić information content (AvgIpc) is 3.41. The quantitative estimate of drug-likeness (QED) is 0.429. The minimum atomic E-state index is -0.272. The van der Waals surface area contributed by atoms with Crippen LogP contribution in [0, 0.1) is 0 Å². The molecular formula is C29H30ClN3O5. The number of amides is 2. The number of carbonyl (C=O) groups is 2. The third-order valence-corrected chi connectivity index (χ3v) is 7.41. The highest BCUT2D eigenvalue weighted by molar-refractivity contribution is 6.31. The fraction of sp³-hybridized carbons (Fsp3) is 0.310. The molecule has 0 unspecified atom stereocenters. The van der Waals surface area contributed by atoms with Crippen LogP contribution in [0.15, 0.2) is 60.7 Å². The van der Waals surface area contributed by atoms with Gasteiger partial charge in [-0.3, -0.25) is 9.59 Å². The lowest BCUT2D eigenvalue weighted by Crippen LogP contribution is -2.43. The SMILES string of the molecule is COc1cccc(C(=O)Nc2ccc(Cl)c(CN(C(=O)c3ccc4c(c3)OCO4)C3CCC(N)CC3)c2)c1. The summed E-state index contributed by atoms with van der Waals surface area (Å²) in [4.78, 5) is 28.5. The zero-order valence-electron chi connectivity index (χ0n) is 21.1. The number of nitrogens with one attached hydrogen (secondary N) is 1. The largest absolute Gasteiger partial charge is 0.497 e. The number of fused-ring (bicyclic) bond motifs is 1. The maximum Gasteiger partial charge on any atom is 0.255 e. The summed E-state index contributed by atoms with van der Waals surface area (Å²) in [6.45, 7) is 0.427. The molecule has 5 rings (SSSR count). The van der Waals surface area contributed by atoms with Crippen LogP contribution in [0.25, 0.3) is 0 Å². The first-order valence-electron chi connectivity index (χ1n) is 12.6. The molecule has 8 nitrogen and oxygen atoms in total. The lowest BCUT2D eigenvalue weighted by atomic mass is 9.90. The van der Waals surface area contributed by atoms with Gasteiger partial charge in [0.05, 0.1) is 7.11 Å². The van der Waals surface area contributed by atoms with E-state index in [0.29, 0.717) is 39.1 Å². The number of hydrogen-bond donors (Lipinski definition) is 2. The fourth-order valence-electron chi connectivity index (χ4n) is 4.90. The van der Waals surface area contributed by atoms with Crippen molar-refractivity contribution in [2.24, 2.45) is 5.73 Å². The molecular weight excluding hydrogens is 506 g/mol. The van der Waals surface area contributed by atoms with Gasteiger partial charge in [-0.25, -0.2) is 0 Å². The van der Waals surface area contributed by atoms with E-state index in [0.717, 1.165) is 31.2 Å². The molecule has 9 heteroatoms. The zero-order chi connectivity index (χ0) is 26.6. The molecule has 0 bridgehead atoms. The first kappa shape index (κ1) is 25.9. The molecule has 0 saturated heterocycles. The van der Waals surface area contributed by atoms with Gasteiger partial charge in [0.1, 0.15) is 5.75 Å². The molecule has 3 aromatic rings.